The second kappa shape index (κ2) is 8.22. The number of benzene rings is 1. The maximum atomic E-state index is 11.2. The number of carbonyl (C=O) groups excluding carboxylic acids is 1. The Morgan fingerprint density at radius 1 is 1.24 bits per heavy atom. The lowest BCUT2D eigenvalue weighted by atomic mass is 9.81. The van der Waals surface area contributed by atoms with Gasteiger partial charge in [0, 0.05) is 19.0 Å². The van der Waals surface area contributed by atoms with Crippen LogP contribution in [0.3, 0.4) is 0 Å². The number of phenols is 1. The van der Waals surface area contributed by atoms with Crippen LogP contribution in [0.15, 0.2) is 18.2 Å². The summed E-state index contributed by atoms with van der Waals surface area (Å²) in [7, 11) is 0. The van der Waals surface area contributed by atoms with Gasteiger partial charge in [0.2, 0.25) is 6.41 Å². The third-order valence-corrected chi connectivity index (χ3v) is 6.11. The molecule has 1 aromatic carbocycles. The monoisotopic (exact) mass is 344 g/mol. The van der Waals surface area contributed by atoms with Gasteiger partial charge in [0.1, 0.15) is 5.75 Å². The van der Waals surface area contributed by atoms with Crippen molar-refractivity contribution < 1.29 is 9.90 Å². The molecule has 2 atom stereocenters. The first kappa shape index (κ1) is 18.2. The van der Waals surface area contributed by atoms with Crippen molar-refractivity contribution in [3.63, 3.8) is 0 Å². The van der Waals surface area contributed by atoms with E-state index in [0.29, 0.717) is 17.7 Å². The molecule has 0 saturated heterocycles. The zero-order valence-corrected chi connectivity index (χ0v) is 15.6. The van der Waals surface area contributed by atoms with Crippen molar-refractivity contribution in [2.24, 2.45) is 11.8 Å². The van der Waals surface area contributed by atoms with Gasteiger partial charge < -0.3 is 10.4 Å². The first-order valence-corrected chi connectivity index (χ1v) is 9.84. The SMILES string of the molecule is CC(C)[C@@H](CC1CCCCC1)N1Cc2cc(O)ccc2C[C@H]1NC=O. The van der Waals surface area contributed by atoms with E-state index in [1.54, 1.807) is 6.07 Å². The van der Waals surface area contributed by atoms with E-state index in [9.17, 15) is 9.90 Å². The van der Waals surface area contributed by atoms with Crippen molar-refractivity contribution in [3.05, 3.63) is 29.3 Å². The summed E-state index contributed by atoms with van der Waals surface area (Å²) in [5.41, 5.74) is 2.42. The van der Waals surface area contributed by atoms with Crippen molar-refractivity contribution >= 4 is 6.41 Å². The Morgan fingerprint density at radius 2 is 2.00 bits per heavy atom. The van der Waals surface area contributed by atoms with E-state index in [1.165, 1.54) is 49.7 Å². The Morgan fingerprint density at radius 3 is 2.68 bits per heavy atom. The fourth-order valence-corrected chi connectivity index (χ4v) is 4.73. The normalized spacial score (nSPS) is 23.2. The van der Waals surface area contributed by atoms with Crippen molar-refractivity contribution in [2.45, 2.75) is 77.5 Å². The number of rotatable bonds is 6. The van der Waals surface area contributed by atoms with E-state index in [2.05, 4.69) is 24.1 Å². The summed E-state index contributed by atoms with van der Waals surface area (Å²) in [5, 5.41) is 12.9. The van der Waals surface area contributed by atoms with Crippen LogP contribution in [0.5, 0.6) is 5.75 Å². The van der Waals surface area contributed by atoms with E-state index in [-0.39, 0.29) is 6.17 Å². The molecule has 4 heteroatoms. The number of hydrogen-bond acceptors (Lipinski definition) is 3. The van der Waals surface area contributed by atoms with Crippen LogP contribution in [0.4, 0.5) is 0 Å². The van der Waals surface area contributed by atoms with Crippen molar-refractivity contribution in [3.8, 4) is 5.75 Å². The number of nitrogens with zero attached hydrogens (tertiary/aromatic N) is 1. The largest absolute Gasteiger partial charge is 0.508 e. The molecule has 3 rings (SSSR count). The fraction of sp³-hybridized carbons (Fsp3) is 0.667. The van der Waals surface area contributed by atoms with Crippen LogP contribution in [0.2, 0.25) is 0 Å². The number of aromatic hydroxyl groups is 1. The average molecular weight is 344 g/mol. The second-order valence-corrected chi connectivity index (χ2v) is 8.18. The summed E-state index contributed by atoms with van der Waals surface area (Å²) in [5.74, 6) is 1.68. The number of fused-ring (bicyclic) bond motifs is 1. The van der Waals surface area contributed by atoms with Gasteiger partial charge in [-0.1, -0.05) is 52.0 Å². The van der Waals surface area contributed by atoms with Gasteiger partial charge in [0.25, 0.3) is 0 Å². The molecule has 0 bridgehead atoms. The Kier molecular flexibility index (Phi) is 6.00. The first-order valence-electron chi connectivity index (χ1n) is 9.84. The highest BCUT2D eigenvalue weighted by Crippen LogP contribution is 2.34. The molecule has 2 aliphatic rings. The molecule has 1 aliphatic heterocycles. The van der Waals surface area contributed by atoms with Gasteiger partial charge in [-0.15, -0.1) is 0 Å². The van der Waals surface area contributed by atoms with Crippen LogP contribution in [-0.2, 0) is 17.8 Å². The molecule has 0 unspecified atom stereocenters. The van der Waals surface area contributed by atoms with Gasteiger partial charge >= 0.3 is 0 Å². The lowest BCUT2D eigenvalue weighted by molar-refractivity contribution is -0.112. The molecule has 1 fully saturated rings. The molecule has 4 nitrogen and oxygen atoms in total. The predicted molar refractivity (Wildman–Crippen MR) is 100 cm³/mol. The van der Waals surface area contributed by atoms with Gasteiger partial charge in [-0.25, -0.2) is 0 Å². The topological polar surface area (TPSA) is 52.6 Å². The number of phenolic OH excluding ortho intramolecular Hbond substituents is 1. The third kappa shape index (κ3) is 4.35. The van der Waals surface area contributed by atoms with Crippen LogP contribution in [-0.4, -0.2) is 28.6 Å². The molecule has 1 aromatic rings. The van der Waals surface area contributed by atoms with E-state index in [1.807, 2.05) is 12.1 Å². The zero-order valence-electron chi connectivity index (χ0n) is 15.6. The van der Waals surface area contributed by atoms with Gasteiger partial charge in [-0.3, -0.25) is 9.69 Å². The fourth-order valence-electron chi connectivity index (χ4n) is 4.73. The molecule has 0 spiro atoms. The highest BCUT2D eigenvalue weighted by atomic mass is 16.3. The highest BCUT2D eigenvalue weighted by molar-refractivity contribution is 5.47. The van der Waals surface area contributed by atoms with Crippen LogP contribution < -0.4 is 5.32 Å². The molecule has 1 amide bonds. The van der Waals surface area contributed by atoms with Gasteiger partial charge in [0.15, 0.2) is 0 Å². The quantitative estimate of drug-likeness (QED) is 0.772. The maximum Gasteiger partial charge on any atom is 0.208 e. The number of nitrogens with one attached hydrogen (secondary N) is 1. The summed E-state index contributed by atoms with van der Waals surface area (Å²) in [6.07, 6.45) is 9.71. The third-order valence-electron chi connectivity index (χ3n) is 6.11. The molecule has 1 saturated carbocycles. The Labute approximate surface area is 151 Å². The van der Waals surface area contributed by atoms with Crippen molar-refractivity contribution in [1.29, 1.82) is 0 Å². The van der Waals surface area contributed by atoms with Crippen LogP contribution >= 0.6 is 0 Å². The van der Waals surface area contributed by atoms with Crippen molar-refractivity contribution in [1.82, 2.24) is 10.2 Å². The average Bonchev–Trinajstić information content (AvgIpc) is 2.60. The maximum absolute atomic E-state index is 11.2. The van der Waals surface area contributed by atoms with Gasteiger partial charge in [-0.05, 0) is 41.5 Å². The Bertz CT molecular complexity index is 581. The summed E-state index contributed by atoms with van der Waals surface area (Å²) < 4.78 is 0. The van der Waals surface area contributed by atoms with Crippen LogP contribution in [0.1, 0.15) is 63.5 Å². The summed E-state index contributed by atoms with van der Waals surface area (Å²) >= 11 is 0. The van der Waals surface area contributed by atoms with E-state index >= 15 is 0 Å². The number of hydrogen-bond donors (Lipinski definition) is 2. The molecule has 1 aliphatic carbocycles. The molecule has 138 valence electrons. The molecule has 2 N–H and O–H groups in total. The molecule has 0 radical (unpaired) electrons. The summed E-state index contributed by atoms with van der Waals surface area (Å²) in [6.45, 7) is 5.39. The number of carbonyl (C=O) groups is 1. The summed E-state index contributed by atoms with van der Waals surface area (Å²) in [4.78, 5) is 13.7. The Hall–Kier alpha value is -1.55. The molecular formula is C21H32N2O2. The minimum atomic E-state index is 0.0468. The number of amides is 1. The zero-order chi connectivity index (χ0) is 17.8. The molecule has 25 heavy (non-hydrogen) atoms. The highest BCUT2D eigenvalue weighted by Gasteiger charge is 2.34. The molecule has 1 heterocycles. The summed E-state index contributed by atoms with van der Waals surface area (Å²) in [6, 6.07) is 6.08. The van der Waals surface area contributed by atoms with Gasteiger partial charge in [-0.2, -0.15) is 0 Å². The lowest BCUT2D eigenvalue weighted by Gasteiger charge is -2.44. The minimum absolute atomic E-state index is 0.0468. The van der Waals surface area contributed by atoms with E-state index in [0.717, 1.165) is 25.3 Å². The molecular weight excluding hydrogens is 312 g/mol. The Balaban J connectivity index is 1.82. The van der Waals surface area contributed by atoms with Crippen LogP contribution in [0.25, 0.3) is 0 Å². The van der Waals surface area contributed by atoms with Crippen molar-refractivity contribution in [2.75, 3.05) is 0 Å². The smallest absolute Gasteiger partial charge is 0.208 e. The van der Waals surface area contributed by atoms with Crippen LogP contribution in [0, 0.1) is 11.8 Å². The minimum Gasteiger partial charge on any atom is -0.508 e. The van der Waals surface area contributed by atoms with E-state index < -0.39 is 0 Å². The second-order valence-electron chi connectivity index (χ2n) is 8.18. The van der Waals surface area contributed by atoms with E-state index in [4.69, 9.17) is 0 Å². The van der Waals surface area contributed by atoms with Gasteiger partial charge in [0.05, 0.1) is 6.17 Å². The molecule has 0 aromatic heterocycles. The predicted octanol–water partition coefficient (Wildman–Crippen LogP) is 3.82. The standard InChI is InChI=1S/C21H32N2O2/c1-15(2)20(10-16-6-4-3-5-7-16)23-13-18-11-19(25)9-8-17(18)12-21(23)22-14-24/h8-9,11,14-16,20-21,25H,3-7,10,12-13H2,1-2H3,(H,22,24)/t20-,21+/m1/s1. The first-order chi connectivity index (χ1) is 12.1. The lowest BCUT2D eigenvalue weighted by Crippen LogP contribution is -2.55.